The topological polar surface area (TPSA) is 136 Å². The summed E-state index contributed by atoms with van der Waals surface area (Å²) in [5.74, 6) is -0.771. The van der Waals surface area contributed by atoms with E-state index in [0.717, 1.165) is 22.4 Å². The molecule has 2 aromatic carbocycles. The third-order valence-corrected chi connectivity index (χ3v) is 30.5. The predicted molar refractivity (Wildman–Crippen MR) is 308 cm³/mol. The van der Waals surface area contributed by atoms with Crippen LogP contribution in [0.15, 0.2) is 72.3 Å². The number of ketones is 1. The largest absolute Gasteiger partial charge is 0.456 e. The van der Waals surface area contributed by atoms with Gasteiger partial charge in [-0.25, -0.2) is 4.79 Å². The molecule has 1 aliphatic heterocycles. The Balaban J connectivity index is 2.50. The maximum atomic E-state index is 16.0. The molecule has 0 saturated carbocycles. The number of hydrogen-bond acceptors (Lipinski definition) is 13. The molecule has 1 fully saturated rings. The van der Waals surface area contributed by atoms with Crippen LogP contribution < -0.4 is 10.4 Å². The summed E-state index contributed by atoms with van der Waals surface area (Å²) in [6, 6.07) is 20.8. The highest BCUT2D eigenvalue weighted by atomic mass is 28.4. The van der Waals surface area contributed by atoms with E-state index in [9.17, 15) is 0 Å². The van der Waals surface area contributed by atoms with Crippen molar-refractivity contribution in [1.82, 2.24) is 0 Å². The minimum atomic E-state index is -3.34. The van der Waals surface area contributed by atoms with Crippen LogP contribution in [-0.4, -0.2) is 141 Å². The number of carbonyl (C=O) groups is 2. The highest BCUT2D eigenvalue weighted by molar-refractivity contribution is 6.99. The minimum absolute atomic E-state index is 0.0326. The third-order valence-electron chi connectivity index (χ3n) is 16.5. The smallest absolute Gasteiger partial charge is 0.338 e. The van der Waals surface area contributed by atoms with Crippen LogP contribution in [-0.2, 0) is 60.8 Å². The number of carbonyl (C=O) groups excluding carboxylic acids is 2. The molecule has 9 atom stereocenters. The molecule has 16 heteroatoms. The highest BCUT2D eigenvalue weighted by Crippen LogP contribution is 2.43. The molecule has 13 nitrogen and oxygen atoms in total. The van der Waals surface area contributed by atoms with Crippen molar-refractivity contribution < 1.29 is 60.8 Å². The van der Waals surface area contributed by atoms with Gasteiger partial charge in [0.05, 0.1) is 35.9 Å². The van der Waals surface area contributed by atoms with Crippen molar-refractivity contribution in [3.05, 3.63) is 72.3 Å². The number of hydrogen-bond donors (Lipinski definition) is 0. The lowest BCUT2D eigenvalue weighted by Crippen LogP contribution is -2.68. The van der Waals surface area contributed by atoms with Gasteiger partial charge in [0.2, 0.25) is 0 Å². The molecule has 0 radical (unpaired) electrons. The summed E-state index contributed by atoms with van der Waals surface area (Å²) in [6.45, 7) is 36.9. The van der Waals surface area contributed by atoms with E-state index in [1.165, 1.54) is 7.11 Å². The number of ether oxygens (including phenoxy) is 8. The first-order chi connectivity index (χ1) is 34.8. The zero-order chi connectivity index (χ0) is 56.8. The van der Waals surface area contributed by atoms with Crippen LogP contribution in [0.2, 0.25) is 41.3 Å². The third kappa shape index (κ3) is 17.5. The van der Waals surface area contributed by atoms with Crippen molar-refractivity contribution in [2.24, 2.45) is 11.3 Å². The van der Waals surface area contributed by atoms with Crippen LogP contribution in [0.4, 0.5) is 0 Å². The van der Waals surface area contributed by atoms with E-state index in [1.54, 1.807) is 28.4 Å². The van der Waals surface area contributed by atoms with E-state index >= 15 is 9.59 Å². The molecular formula is C59H102O13Si3. The Bertz CT molecular complexity index is 2000. The number of rotatable bonds is 21. The Morgan fingerprint density at radius 3 is 1.59 bits per heavy atom. The summed E-state index contributed by atoms with van der Waals surface area (Å²) in [6.07, 6.45) is -3.14. The van der Waals surface area contributed by atoms with Crippen LogP contribution in [0.5, 0.6) is 0 Å². The highest BCUT2D eigenvalue weighted by Gasteiger charge is 2.54. The molecule has 75 heavy (non-hydrogen) atoms. The number of esters is 1. The van der Waals surface area contributed by atoms with Crippen LogP contribution in [0.25, 0.3) is 0 Å². The molecular weight excluding hydrogens is 1000 g/mol. The van der Waals surface area contributed by atoms with Crippen molar-refractivity contribution in [3.8, 4) is 0 Å². The number of benzene rings is 2. The summed E-state index contributed by atoms with van der Waals surface area (Å²) < 4.78 is 72.1. The summed E-state index contributed by atoms with van der Waals surface area (Å²) in [5.41, 5.74) is -0.357. The normalized spacial score (nSPS) is 25.2. The lowest BCUT2D eigenvalue weighted by Gasteiger charge is -2.47. The van der Waals surface area contributed by atoms with Crippen molar-refractivity contribution in [2.45, 2.75) is 212 Å². The van der Waals surface area contributed by atoms with Gasteiger partial charge in [-0.2, -0.15) is 0 Å². The summed E-state index contributed by atoms with van der Waals surface area (Å²) in [5, 5.41) is 1.44. The molecule has 2 aromatic rings. The molecule has 1 saturated heterocycles. The van der Waals surface area contributed by atoms with E-state index < -0.39 is 90.2 Å². The van der Waals surface area contributed by atoms with Crippen LogP contribution >= 0.6 is 0 Å². The average molecular weight is 1100 g/mol. The van der Waals surface area contributed by atoms with Gasteiger partial charge in [-0.15, -0.1) is 0 Å². The Morgan fingerprint density at radius 2 is 1.15 bits per heavy atom. The van der Waals surface area contributed by atoms with E-state index in [0.29, 0.717) is 6.61 Å². The van der Waals surface area contributed by atoms with Crippen molar-refractivity contribution >= 4 is 47.1 Å². The van der Waals surface area contributed by atoms with Gasteiger partial charge in [0, 0.05) is 67.8 Å². The van der Waals surface area contributed by atoms with Gasteiger partial charge in [0.1, 0.15) is 25.8 Å². The summed E-state index contributed by atoms with van der Waals surface area (Å²) in [7, 11) is -0.248. The van der Waals surface area contributed by atoms with E-state index in [2.05, 4.69) is 126 Å². The molecule has 0 unspecified atom stereocenters. The van der Waals surface area contributed by atoms with Gasteiger partial charge in [-0.1, -0.05) is 150 Å². The predicted octanol–water partition coefficient (Wildman–Crippen LogP) is 11.4. The van der Waals surface area contributed by atoms with Crippen molar-refractivity contribution in [2.75, 3.05) is 55.7 Å². The van der Waals surface area contributed by atoms with E-state index in [4.69, 9.17) is 51.2 Å². The zero-order valence-corrected chi connectivity index (χ0v) is 53.5. The quantitative estimate of drug-likeness (QED) is 0.0508. The van der Waals surface area contributed by atoms with Crippen molar-refractivity contribution in [1.29, 1.82) is 0 Å². The molecule has 3 rings (SSSR count). The second kappa shape index (κ2) is 28.6. The molecule has 0 aromatic heterocycles. The maximum absolute atomic E-state index is 16.0. The first-order valence-corrected chi connectivity index (χ1v) is 34.9. The van der Waals surface area contributed by atoms with Crippen molar-refractivity contribution in [3.63, 3.8) is 0 Å². The fourth-order valence-corrected chi connectivity index (χ4v) is 16.5. The van der Waals surface area contributed by atoms with E-state index in [1.807, 2.05) is 57.2 Å². The van der Waals surface area contributed by atoms with Gasteiger partial charge < -0.3 is 51.2 Å². The van der Waals surface area contributed by atoms with Crippen LogP contribution in [0.1, 0.15) is 122 Å². The fourth-order valence-electron chi connectivity index (χ4n) is 9.44. The average Bonchev–Trinajstić information content (AvgIpc) is 3.34. The fraction of sp³-hybridized carbons (Fsp3) is 0.729. The maximum Gasteiger partial charge on any atom is 0.338 e. The molecule has 0 N–H and O–H groups in total. The molecule has 1 heterocycles. The molecule has 428 valence electrons. The minimum Gasteiger partial charge on any atom is -0.456 e. The molecule has 0 bridgehead atoms. The molecule has 1 aliphatic rings. The lowest BCUT2D eigenvalue weighted by molar-refractivity contribution is -0.186. The Kier molecular flexibility index (Phi) is 25.5. The van der Waals surface area contributed by atoms with E-state index in [-0.39, 0.29) is 61.0 Å². The molecule has 0 spiro atoms. The zero-order valence-electron chi connectivity index (χ0n) is 50.5. The number of methoxy groups -OCH3 is 5. The Morgan fingerprint density at radius 1 is 0.653 bits per heavy atom. The van der Waals surface area contributed by atoms with Crippen LogP contribution in [0.3, 0.4) is 0 Å². The second-order valence-corrected chi connectivity index (χ2v) is 39.1. The first kappa shape index (κ1) is 66.8. The number of cyclic esters (lactones) is 1. The second-order valence-electron chi connectivity index (χ2n) is 25.3. The van der Waals surface area contributed by atoms with Gasteiger partial charge in [0.15, 0.2) is 28.5 Å². The van der Waals surface area contributed by atoms with Gasteiger partial charge >= 0.3 is 5.97 Å². The monoisotopic (exact) mass is 1100 g/mol. The number of Topliss-reactive ketones (excluding diaryl/α,β-unsaturated/α-hetero) is 1. The summed E-state index contributed by atoms with van der Waals surface area (Å²) in [4.78, 5) is 31.3. The SMILES string of the molecule is CC[C@H](/C=C(/C)[C@@H]1C[C@@H](OC)C[C@H](OCOC)C(C)(C)C(=O)[C@H](O[Si](C)(C)C(C)(C)C)[C@H](OC)C[C@@H](O[Si](c2ccccc2)(c2ccccc2)C(C)(C)C)C[C@@H](OC)[C@H](OCOC)C(=O)O1)CO[Si](C)(C)C(C)(C)C. The standard InChI is InChI=1S/C59H102O13Si3/c1-23-43(39-69-73(19,20)56(3,4)5)34-42(2)48-35-44(64-16)38-51(67-40-62-14)59(12,13)54(60)52(72-74(21,22)57(6,7)8)49(65-17)36-45(37-50(66-18)53(55(61)70-48)68-41-63-15)71-75(58(9,10)11,46-30-26-24-27-31-46)47-32-28-25-29-33-47/h24-34,43-45,48-53H,23,35-41H2,1-22H3/b42-34-/t43-,44-,45-,48+,49-,50-,51+,52-,53+/m1/s1. The molecule has 0 amide bonds. The first-order valence-electron chi connectivity index (χ1n) is 27.1. The Hall–Kier alpha value is -2.43. The van der Waals surface area contributed by atoms with Crippen LogP contribution in [0, 0.1) is 11.3 Å². The molecule has 0 aliphatic carbocycles. The lowest BCUT2D eigenvalue weighted by atomic mass is 9.75. The van der Waals surface area contributed by atoms with Gasteiger partial charge in [-0.3, -0.25) is 4.79 Å². The van der Waals surface area contributed by atoms with Gasteiger partial charge in [-0.05, 0) is 76.5 Å². The Labute approximate surface area is 457 Å². The summed E-state index contributed by atoms with van der Waals surface area (Å²) >= 11 is 0. The van der Waals surface area contributed by atoms with Gasteiger partial charge in [0.25, 0.3) is 8.32 Å².